The number of ether oxygens (including phenoxy) is 2. The van der Waals surface area contributed by atoms with E-state index in [9.17, 15) is 14.4 Å². The molecule has 0 saturated carbocycles. The number of ketones is 1. The zero-order valence-corrected chi connectivity index (χ0v) is 17.3. The molecule has 0 bridgehead atoms. The standard InChI is InChI=1S/C22H21BrO5/c1-3-15(20(24)13-8-6-5-7-9-13)18-16-12-14(23)10-11-17(16)28-22(26)19(18)21(25)27-4-2/h5-12,15,18-19H,3-4H2,1-2H3/t15-,18+,19-/m0/s1. The van der Waals surface area contributed by atoms with Crippen molar-refractivity contribution in [1.82, 2.24) is 0 Å². The summed E-state index contributed by atoms with van der Waals surface area (Å²) in [7, 11) is 0. The Labute approximate surface area is 172 Å². The van der Waals surface area contributed by atoms with Crippen LogP contribution in [-0.2, 0) is 14.3 Å². The molecular formula is C22H21BrO5. The molecule has 5 nitrogen and oxygen atoms in total. The molecule has 1 heterocycles. The highest BCUT2D eigenvalue weighted by Crippen LogP contribution is 2.45. The normalized spacial score (nSPS) is 19.3. The van der Waals surface area contributed by atoms with Gasteiger partial charge >= 0.3 is 11.9 Å². The first kappa shape index (κ1) is 20.3. The fraction of sp³-hybridized carbons (Fsp3) is 0.318. The summed E-state index contributed by atoms with van der Waals surface area (Å²) in [4.78, 5) is 38.6. The van der Waals surface area contributed by atoms with Crippen LogP contribution in [0.15, 0.2) is 53.0 Å². The first-order valence-corrected chi connectivity index (χ1v) is 10.0. The minimum absolute atomic E-state index is 0.108. The number of Topliss-reactive ketones (excluding diaryl/α,β-unsaturated/α-hetero) is 1. The van der Waals surface area contributed by atoms with Crippen molar-refractivity contribution < 1.29 is 23.9 Å². The molecule has 28 heavy (non-hydrogen) atoms. The fourth-order valence-electron chi connectivity index (χ4n) is 3.71. The summed E-state index contributed by atoms with van der Waals surface area (Å²) in [5, 5.41) is 0. The third-order valence-electron chi connectivity index (χ3n) is 4.96. The lowest BCUT2D eigenvalue weighted by Crippen LogP contribution is -2.43. The van der Waals surface area contributed by atoms with Gasteiger partial charge in [-0.1, -0.05) is 53.2 Å². The lowest BCUT2D eigenvalue weighted by Gasteiger charge is -2.35. The fourth-order valence-corrected chi connectivity index (χ4v) is 4.09. The lowest BCUT2D eigenvalue weighted by atomic mass is 9.71. The summed E-state index contributed by atoms with van der Waals surface area (Å²) in [5.74, 6) is -3.50. The molecule has 3 rings (SSSR count). The minimum Gasteiger partial charge on any atom is -0.465 e. The zero-order valence-electron chi connectivity index (χ0n) is 15.7. The van der Waals surface area contributed by atoms with E-state index in [4.69, 9.17) is 9.47 Å². The molecule has 0 aromatic heterocycles. The number of benzene rings is 2. The quantitative estimate of drug-likeness (QED) is 0.283. The van der Waals surface area contributed by atoms with Crippen LogP contribution < -0.4 is 4.74 Å². The Morgan fingerprint density at radius 1 is 1.14 bits per heavy atom. The van der Waals surface area contributed by atoms with Crippen molar-refractivity contribution in [1.29, 1.82) is 0 Å². The Hall–Kier alpha value is -2.47. The van der Waals surface area contributed by atoms with Gasteiger partial charge in [-0.15, -0.1) is 0 Å². The summed E-state index contributed by atoms with van der Waals surface area (Å²) < 4.78 is 11.3. The third-order valence-corrected chi connectivity index (χ3v) is 5.46. The van der Waals surface area contributed by atoms with E-state index in [-0.39, 0.29) is 12.4 Å². The van der Waals surface area contributed by atoms with Crippen LogP contribution in [0.2, 0.25) is 0 Å². The highest BCUT2D eigenvalue weighted by atomic mass is 79.9. The molecule has 1 aliphatic heterocycles. The van der Waals surface area contributed by atoms with Crippen molar-refractivity contribution in [3.05, 3.63) is 64.1 Å². The topological polar surface area (TPSA) is 69.7 Å². The zero-order chi connectivity index (χ0) is 20.3. The molecule has 0 amide bonds. The number of esters is 2. The van der Waals surface area contributed by atoms with Gasteiger partial charge in [-0.2, -0.15) is 0 Å². The first-order valence-electron chi connectivity index (χ1n) is 9.24. The molecule has 0 saturated heterocycles. The molecular weight excluding hydrogens is 424 g/mol. The largest absolute Gasteiger partial charge is 0.465 e. The monoisotopic (exact) mass is 444 g/mol. The van der Waals surface area contributed by atoms with Gasteiger partial charge in [-0.05, 0) is 31.5 Å². The van der Waals surface area contributed by atoms with Crippen molar-refractivity contribution in [2.24, 2.45) is 11.8 Å². The van der Waals surface area contributed by atoms with Crippen LogP contribution in [0.25, 0.3) is 0 Å². The Morgan fingerprint density at radius 2 is 1.86 bits per heavy atom. The Kier molecular flexibility index (Phi) is 6.29. The van der Waals surface area contributed by atoms with Crippen LogP contribution in [-0.4, -0.2) is 24.3 Å². The van der Waals surface area contributed by atoms with Crippen molar-refractivity contribution in [3.8, 4) is 5.75 Å². The predicted octanol–water partition coefficient (Wildman–Crippen LogP) is 4.54. The van der Waals surface area contributed by atoms with Crippen molar-refractivity contribution in [3.63, 3.8) is 0 Å². The summed E-state index contributed by atoms with van der Waals surface area (Å²) in [6.07, 6.45) is 0.466. The average molecular weight is 445 g/mol. The average Bonchev–Trinajstić information content (AvgIpc) is 2.69. The Bertz CT molecular complexity index is 893. The van der Waals surface area contributed by atoms with Gasteiger partial charge in [-0.3, -0.25) is 14.4 Å². The molecule has 0 radical (unpaired) electrons. The number of rotatable bonds is 6. The van der Waals surface area contributed by atoms with E-state index in [1.165, 1.54) is 0 Å². The second kappa shape index (κ2) is 8.69. The van der Waals surface area contributed by atoms with Crippen LogP contribution in [0.5, 0.6) is 5.75 Å². The van der Waals surface area contributed by atoms with Gasteiger partial charge in [0.05, 0.1) is 6.61 Å². The maximum Gasteiger partial charge on any atom is 0.326 e. The van der Waals surface area contributed by atoms with Crippen LogP contribution in [0.4, 0.5) is 0 Å². The van der Waals surface area contributed by atoms with E-state index in [1.54, 1.807) is 49.4 Å². The summed E-state index contributed by atoms with van der Waals surface area (Å²) in [5.41, 5.74) is 1.20. The maximum absolute atomic E-state index is 13.3. The van der Waals surface area contributed by atoms with Crippen molar-refractivity contribution >= 4 is 33.7 Å². The van der Waals surface area contributed by atoms with Gasteiger partial charge in [0, 0.05) is 27.4 Å². The van der Waals surface area contributed by atoms with Gasteiger partial charge in [0.25, 0.3) is 0 Å². The smallest absolute Gasteiger partial charge is 0.326 e. The molecule has 0 unspecified atom stereocenters. The second-order valence-corrected chi connectivity index (χ2v) is 7.52. The van der Waals surface area contributed by atoms with Gasteiger partial charge in [0.2, 0.25) is 0 Å². The van der Waals surface area contributed by atoms with Crippen LogP contribution in [0, 0.1) is 11.8 Å². The van der Waals surface area contributed by atoms with Gasteiger partial charge in [-0.25, -0.2) is 0 Å². The lowest BCUT2D eigenvalue weighted by molar-refractivity contribution is -0.160. The molecule has 3 atom stereocenters. The Balaban J connectivity index is 2.13. The molecule has 0 fully saturated rings. The van der Waals surface area contributed by atoms with E-state index < -0.39 is 29.7 Å². The molecule has 1 aliphatic rings. The molecule has 0 N–H and O–H groups in total. The van der Waals surface area contributed by atoms with E-state index in [0.717, 1.165) is 4.47 Å². The van der Waals surface area contributed by atoms with Crippen molar-refractivity contribution in [2.75, 3.05) is 6.61 Å². The molecule has 6 heteroatoms. The van der Waals surface area contributed by atoms with Gasteiger partial charge < -0.3 is 9.47 Å². The molecule has 0 aliphatic carbocycles. The number of hydrogen-bond acceptors (Lipinski definition) is 5. The SMILES string of the molecule is CCOC(=O)[C@H]1C(=O)Oc2ccc(Br)cc2[C@H]1[C@H](CC)C(=O)c1ccccc1. The van der Waals surface area contributed by atoms with E-state index >= 15 is 0 Å². The molecule has 0 spiro atoms. The summed E-state index contributed by atoms with van der Waals surface area (Å²) in [6, 6.07) is 14.1. The minimum atomic E-state index is -1.18. The number of halogens is 1. The number of carbonyl (C=O) groups excluding carboxylic acids is 3. The van der Waals surface area contributed by atoms with E-state index in [1.807, 2.05) is 13.0 Å². The Morgan fingerprint density at radius 3 is 2.50 bits per heavy atom. The highest BCUT2D eigenvalue weighted by Gasteiger charge is 2.48. The second-order valence-electron chi connectivity index (χ2n) is 6.60. The molecule has 146 valence electrons. The van der Waals surface area contributed by atoms with E-state index in [0.29, 0.717) is 23.3 Å². The van der Waals surface area contributed by atoms with Crippen LogP contribution in [0.3, 0.4) is 0 Å². The van der Waals surface area contributed by atoms with E-state index in [2.05, 4.69) is 15.9 Å². The molecule has 2 aromatic carbocycles. The first-order chi connectivity index (χ1) is 13.5. The predicted molar refractivity (Wildman–Crippen MR) is 107 cm³/mol. The summed E-state index contributed by atoms with van der Waals surface area (Å²) in [6.45, 7) is 3.70. The van der Waals surface area contributed by atoms with Crippen LogP contribution in [0.1, 0.15) is 42.1 Å². The van der Waals surface area contributed by atoms with Gasteiger partial charge in [0.1, 0.15) is 5.75 Å². The number of fused-ring (bicyclic) bond motifs is 1. The van der Waals surface area contributed by atoms with Crippen molar-refractivity contribution in [2.45, 2.75) is 26.2 Å². The highest BCUT2D eigenvalue weighted by molar-refractivity contribution is 9.10. The number of carbonyl (C=O) groups is 3. The number of hydrogen-bond donors (Lipinski definition) is 0. The van der Waals surface area contributed by atoms with Crippen LogP contribution >= 0.6 is 15.9 Å². The third kappa shape index (κ3) is 3.87. The summed E-state index contributed by atoms with van der Waals surface area (Å²) >= 11 is 3.43. The molecule has 2 aromatic rings. The maximum atomic E-state index is 13.3. The van der Waals surface area contributed by atoms with Gasteiger partial charge in [0.15, 0.2) is 11.7 Å².